The van der Waals surface area contributed by atoms with Gasteiger partial charge in [0.2, 0.25) is 5.89 Å². The Morgan fingerprint density at radius 2 is 1.69 bits per heavy atom. The summed E-state index contributed by atoms with van der Waals surface area (Å²) in [7, 11) is 0. The molecule has 7 nitrogen and oxygen atoms in total. The number of rotatable bonds is 8. The average molecular weight is 575 g/mol. The summed E-state index contributed by atoms with van der Waals surface area (Å²) in [6, 6.07) is 27.8. The molecular formula is C34H30N4O3S. The zero-order valence-electron chi connectivity index (χ0n) is 23.0. The van der Waals surface area contributed by atoms with Crippen molar-refractivity contribution >= 4 is 34.2 Å². The highest BCUT2D eigenvalue weighted by Crippen LogP contribution is 2.40. The van der Waals surface area contributed by atoms with Crippen LogP contribution in [0.4, 0.5) is 0 Å². The summed E-state index contributed by atoms with van der Waals surface area (Å²) in [5.41, 5.74) is 2.85. The van der Waals surface area contributed by atoms with E-state index in [0.29, 0.717) is 23.0 Å². The van der Waals surface area contributed by atoms with Gasteiger partial charge in [-0.25, -0.2) is 9.78 Å². The van der Waals surface area contributed by atoms with Gasteiger partial charge in [0.1, 0.15) is 0 Å². The van der Waals surface area contributed by atoms with Crippen LogP contribution in [0, 0.1) is 0 Å². The highest BCUT2D eigenvalue weighted by molar-refractivity contribution is 7.80. The molecule has 0 bridgehead atoms. The summed E-state index contributed by atoms with van der Waals surface area (Å²) in [4.78, 5) is 20.1. The maximum absolute atomic E-state index is 12.3. The van der Waals surface area contributed by atoms with Crippen molar-refractivity contribution in [3.8, 4) is 11.3 Å². The first-order valence-corrected chi connectivity index (χ1v) is 14.2. The van der Waals surface area contributed by atoms with Gasteiger partial charge in [0.15, 0.2) is 16.6 Å². The Balaban J connectivity index is 1.34. The Morgan fingerprint density at radius 1 is 1.02 bits per heavy atom. The van der Waals surface area contributed by atoms with Crippen LogP contribution < -0.4 is 10.6 Å². The van der Waals surface area contributed by atoms with E-state index in [2.05, 4.69) is 51.8 Å². The normalized spacial score (nSPS) is 17.9. The van der Waals surface area contributed by atoms with E-state index in [4.69, 9.17) is 16.6 Å². The number of para-hydroxylation sites is 1. The maximum Gasteiger partial charge on any atom is 0.358 e. The molecule has 2 aromatic heterocycles. The van der Waals surface area contributed by atoms with Crippen LogP contribution in [-0.2, 0) is 0 Å². The van der Waals surface area contributed by atoms with Crippen LogP contribution in [0.1, 0.15) is 52.8 Å². The number of H-pyrrole nitrogens is 1. The third-order valence-corrected chi connectivity index (χ3v) is 8.00. The maximum atomic E-state index is 12.3. The minimum atomic E-state index is -1.15. The SMILES string of the molecule is CC[C@]1(NC(=S)NC(c2ccccc2)c2ccccc2)C=CC=CC1c1nc(C(=O)O)c(-c2c[nH]c3ccccc23)o1. The summed E-state index contributed by atoms with van der Waals surface area (Å²) < 4.78 is 6.33. The Hall–Kier alpha value is -4.95. The van der Waals surface area contributed by atoms with Crippen LogP contribution in [0.3, 0.4) is 0 Å². The molecule has 3 aromatic carbocycles. The Morgan fingerprint density at radius 3 is 2.36 bits per heavy atom. The van der Waals surface area contributed by atoms with E-state index in [0.717, 1.165) is 22.0 Å². The van der Waals surface area contributed by atoms with Crippen LogP contribution in [0.25, 0.3) is 22.2 Å². The molecule has 42 heavy (non-hydrogen) atoms. The number of fused-ring (bicyclic) bond motifs is 1. The standard InChI is InChI=1S/C34H30N4O3S/c1-2-34(38-33(42)37-28(22-13-5-3-6-14-22)23-15-7-4-8-16-23)20-12-11-18-26(34)31-36-29(32(39)40)30(41-31)25-21-35-27-19-10-9-17-24(25)27/h3-21,26,28,35H,2H2,1H3,(H,39,40)(H2,37,38,42)/t26?,34-/m0/s1. The van der Waals surface area contributed by atoms with Gasteiger partial charge >= 0.3 is 5.97 Å². The number of hydrogen-bond donors (Lipinski definition) is 4. The monoisotopic (exact) mass is 574 g/mol. The number of carbonyl (C=O) groups is 1. The van der Waals surface area contributed by atoms with Crippen molar-refractivity contribution in [1.29, 1.82) is 0 Å². The second kappa shape index (κ2) is 11.5. The van der Waals surface area contributed by atoms with Gasteiger partial charge < -0.3 is 25.1 Å². The van der Waals surface area contributed by atoms with E-state index in [1.807, 2.05) is 85.0 Å². The number of benzene rings is 3. The molecule has 0 aliphatic heterocycles. The van der Waals surface area contributed by atoms with Crippen molar-refractivity contribution in [1.82, 2.24) is 20.6 Å². The minimum absolute atomic E-state index is 0.128. The molecule has 2 atom stereocenters. The molecule has 210 valence electrons. The van der Waals surface area contributed by atoms with Gasteiger partial charge in [-0.15, -0.1) is 0 Å². The van der Waals surface area contributed by atoms with Gasteiger partial charge in [-0.05, 0) is 35.8 Å². The second-order valence-corrected chi connectivity index (χ2v) is 10.7. The number of aromatic carboxylic acids is 1. The highest BCUT2D eigenvalue weighted by atomic mass is 32.1. The fourth-order valence-corrected chi connectivity index (χ4v) is 5.92. The van der Waals surface area contributed by atoms with Crippen molar-refractivity contribution < 1.29 is 14.3 Å². The van der Waals surface area contributed by atoms with Crippen LogP contribution in [0.5, 0.6) is 0 Å². The molecule has 0 fully saturated rings. The lowest BCUT2D eigenvalue weighted by molar-refractivity contribution is 0.0691. The van der Waals surface area contributed by atoms with Crippen LogP contribution in [0.2, 0.25) is 0 Å². The van der Waals surface area contributed by atoms with E-state index in [-0.39, 0.29) is 17.5 Å². The summed E-state index contributed by atoms with van der Waals surface area (Å²) in [6.45, 7) is 2.06. The number of thiocarbonyl (C=S) groups is 1. The highest BCUT2D eigenvalue weighted by Gasteiger charge is 2.41. The van der Waals surface area contributed by atoms with Crippen LogP contribution >= 0.6 is 12.2 Å². The smallest absolute Gasteiger partial charge is 0.358 e. The number of oxazole rings is 1. The molecule has 4 N–H and O–H groups in total. The molecule has 1 aliphatic rings. The van der Waals surface area contributed by atoms with Crippen LogP contribution in [0.15, 0.2) is 120 Å². The van der Waals surface area contributed by atoms with E-state index in [9.17, 15) is 9.90 Å². The number of aromatic nitrogens is 2. The lowest BCUT2D eigenvalue weighted by Gasteiger charge is -2.38. The third kappa shape index (κ3) is 5.12. The number of hydrogen-bond acceptors (Lipinski definition) is 4. The van der Waals surface area contributed by atoms with E-state index >= 15 is 0 Å². The molecule has 0 saturated heterocycles. The molecular weight excluding hydrogens is 544 g/mol. The van der Waals surface area contributed by atoms with Crippen LogP contribution in [-0.4, -0.2) is 31.7 Å². The fraction of sp³-hybridized carbons (Fsp3) is 0.147. The first-order valence-electron chi connectivity index (χ1n) is 13.8. The number of carboxylic acids is 1. The van der Waals surface area contributed by atoms with Crippen molar-refractivity contribution in [3.63, 3.8) is 0 Å². The predicted molar refractivity (Wildman–Crippen MR) is 168 cm³/mol. The first kappa shape index (κ1) is 27.2. The Kier molecular flexibility index (Phi) is 7.46. The lowest BCUT2D eigenvalue weighted by atomic mass is 9.78. The zero-order valence-corrected chi connectivity index (χ0v) is 23.8. The molecule has 0 amide bonds. The first-order chi connectivity index (χ1) is 20.5. The number of carboxylic acid groups (broad SMARTS) is 1. The molecule has 1 aliphatic carbocycles. The van der Waals surface area contributed by atoms with E-state index in [1.54, 1.807) is 6.20 Å². The van der Waals surface area contributed by atoms with Gasteiger partial charge in [-0.1, -0.05) is 110 Å². The van der Waals surface area contributed by atoms with Crippen molar-refractivity contribution in [2.75, 3.05) is 0 Å². The van der Waals surface area contributed by atoms with E-state index in [1.165, 1.54) is 0 Å². The molecule has 8 heteroatoms. The molecule has 2 heterocycles. The van der Waals surface area contributed by atoms with Gasteiger partial charge in [0, 0.05) is 22.7 Å². The van der Waals surface area contributed by atoms with Crippen molar-refractivity contribution in [3.05, 3.63) is 138 Å². The summed E-state index contributed by atoms with van der Waals surface area (Å²) in [5.74, 6) is -1.05. The minimum Gasteiger partial charge on any atom is -0.476 e. The number of aromatic amines is 1. The van der Waals surface area contributed by atoms with Gasteiger partial charge in [-0.2, -0.15) is 0 Å². The van der Waals surface area contributed by atoms with Crippen molar-refractivity contribution in [2.24, 2.45) is 0 Å². The average Bonchev–Trinajstić information content (AvgIpc) is 3.66. The van der Waals surface area contributed by atoms with Gasteiger partial charge in [0.05, 0.1) is 17.5 Å². The topological polar surface area (TPSA) is 103 Å². The molecule has 6 rings (SSSR count). The fourth-order valence-electron chi connectivity index (χ4n) is 5.61. The predicted octanol–water partition coefficient (Wildman–Crippen LogP) is 7.13. The third-order valence-electron chi connectivity index (χ3n) is 7.78. The number of nitrogens with one attached hydrogen (secondary N) is 3. The molecule has 0 saturated carbocycles. The van der Waals surface area contributed by atoms with Gasteiger partial charge in [-0.3, -0.25) is 0 Å². The molecule has 1 unspecified atom stereocenters. The second-order valence-electron chi connectivity index (χ2n) is 10.3. The Labute approximate surface area is 249 Å². The summed E-state index contributed by atoms with van der Waals surface area (Å²) in [6.07, 6.45) is 10.3. The lowest BCUT2D eigenvalue weighted by Crippen LogP contribution is -2.54. The zero-order chi connectivity index (χ0) is 29.1. The largest absolute Gasteiger partial charge is 0.476 e. The summed E-state index contributed by atoms with van der Waals surface area (Å²) in [5, 5.41) is 18.5. The Bertz CT molecular complexity index is 1750. The summed E-state index contributed by atoms with van der Waals surface area (Å²) >= 11 is 5.91. The quantitative estimate of drug-likeness (QED) is 0.146. The molecule has 5 aromatic rings. The van der Waals surface area contributed by atoms with Gasteiger partial charge in [0.25, 0.3) is 0 Å². The number of nitrogens with zero attached hydrogens (tertiary/aromatic N) is 1. The molecule has 0 spiro atoms. The van der Waals surface area contributed by atoms with E-state index < -0.39 is 17.4 Å². The van der Waals surface area contributed by atoms with Crippen molar-refractivity contribution in [2.45, 2.75) is 30.8 Å². The number of allylic oxidation sites excluding steroid dienone is 2. The molecule has 0 radical (unpaired) electrons.